The van der Waals surface area contributed by atoms with Gasteiger partial charge in [0.15, 0.2) is 0 Å². The van der Waals surface area contributed by atoms with Gasteiger partial charge in [0, 0.05) is 23.2 Å². The zero-order chi connectivity index (χ0) is 15.7. The molecule has 118 valence electrons. The Bertz CT molecular complexity index is 565. The molecule has 1 N–H and O–H groups in total. The van der Waals surface area contributed by atoms with Gasteiger partial charge in [-0.1, -0.05) is 22.9 Å². The minimum absolute atomic E-state index is 0.0361. The Kier molecular flexibility index (Phi) is 4.52. The normalized spacial score (nSPS) is 24.9. The first-order chi connectivity index (χ1) is 10.5. The van der Waals surface area contributed by atoms with Crippen LogP contribution in [0.15, 0.2) is 28.7 Å². The second kappa shape index (κ2) is 6.41. The first-order valence-electron chi connectivity index (χ1n) is 7.90. The third-order valence-electron chi connectivity index (χ3n) is 4.65. The monoisotopic (exact) mass is 364 g/mol. The molecule has 1 aliphatic heterocycles. The van der Waals surface area contributed by atoms with Gasteiger partial charge in [-0.05, 0) is 49.4 Å². The molecule has 2 fully saturated rings. The number of halogens is 1. The van der Waals surface area contributed by atoms with Gasteiger partial charge in [0.25, 0.3) is 0 Å². The van der Waals surface area contributed by atoms with Crippen LogP contribution in [0.1, 0.15) is 26.2 Å². The highest BCUT2D eigenvalue weighted by atomic mass is 79.9. The quantitative estimate of drug-likeness (QED) is 0.894. The van der Waals surface area contributed by atoms with Crippen molar-refractivity contribution in [3.05, 3.63) is 28.7 Å². The Morgan fingerprint density at radius 3 is 2.41 bits per heavy atom. The van der Waals surface area contributed by atoms with Crippen LogP contribution in [0.3, 0.4) is 0 Å². The molecule has 1 aromatic carbocycles. The van der Waals surface area contributed by atoms with Crippen LogP contribution in [0.5, 0.6) is 0 Å². The van der Waals surface area contributed by atoms with E-state index in [4.69, 9.17) is 0 Å². The molecule has 1 aromatic rings. The van der Waals surface area contributed by atoms with E-state index in [1.54, 1.807) is 0 Å². The van der Waals surface area contributed by atoms with Crippen molar-refractivity contribution in [2.75, 3.05) is 18.4 Å². The van der Waals surface area contributed by atoms with Crippen LogP contribution >= 0.6 is 15.9 Å². The molecule has 22 heavy (non-hydrogen) atoms. The molecule has 0 spiro atoms. The van der Waals surface area contributed by atoms with E-state index < -0.39 is 0 Å². The fourth-order valence-electron chi connectivity index (χ4n) is 2.99. The molecule has 5 heteroatoms. The number of carbonyl (C=O) groups excluding carboxylic acids is 2. The van der Waals surface area contributed by atoms with Crippen LogP contribution in [0.25, 0.3) is 0 Å². The molecule has 1 saturated heterocycles. The number of nitrogens with one attached hydrogen (secondary N) is 1. The van der Waals surface area contributed by atoms with E-state index in [1.807, 2.05) is 29.2 Å². The van der Waals surface area contributed by atoms with Crippen molar-refractivity contribution in [2.24, 2.45) is 17.8 Å². The molecule has 2 aliphatic rings. The summed E-state index contributed by atoms with van der Waals surface area (Å²) in [6, 6.07) is 7.49. The summed E-state index contributed by atoms with van der Waals surface area (Å²) < 4.78 is 0.976. The molecule has 3 rings (SSSR count). The van der Waals surface area contributed by atoms with Crippen LogP contribution in [0.2, 0.25) is 0 Å². The molecule has 1 heterocycles. The van der Waals surface area contributed by atoms with Gasteiger partial charge in [-0.25, -0.2) is 0 Å². The van der Waals surface area contributed by atoms with E-state index in [9.17, 15) is 9.59 Å². The summed E-state index contributed by atoms with van der Waals surface area (Å²) >= 11 is 3.37. The lowest BCUT2D eigenvalue weighted by Crippen LogP contribution is -2.39. The molecule has 2 unspecified atom stereocenters. The maximum Gasteiger partial charge on any atom is 0.228 e. The lowest BCUT2D eigenvalue weighted by atomic mass is 9.99. The Morgan fingerprint density at radius 2 is 1.77 bits per heavy atom. The standard InChI is InChI=1S/C17H21BrN2O2/c1-11-6-8-20(9-7-11)17(22)15-10-14(15)16(21)19-13-4-2-12(18)3-5-13/h2-5,11,14-15H,6-10H2,1H3,(H,19,21). The average molecular weight is 365 g/mol. The smallest absolute Gasteiger partial charge is 0.228 e. The Morgan fingerprint density at radius 1 is 1.14 bits per heavy atom. The number of hydrogen-bond donors (Lipinski definition) is 1. The van der Waals surface area contributed by atoms with E-state index in [0.717, 1.165) is 36.1 Å². The lowest BCUT2D eigenvalue weighted by Gasteiger charge is -2.30. The number of benzene rings is 1. The zero-order valence-corrected chi connectivity index (χ0v) is 14.3. The van der Waals surface area contributed by atoms with Crippen molar-refractivity contribution in [3.63, 3.8) is 0 Å². The number of likely N-dealkylation sites (tertiary alicyclic amines) is 1. The molecule has 0 radical (unpaired) electrons. The van der Waals surface area contributed by atoms with Gasteiger partial charge < -0.3 is 10.2 Å². The number of amides is 2. The third kappa shape index (κ3) is 3.51. The number of rotatable bonds is 3. The second-order valence-corrected chi connectivity index (χ2v) is 7.37. The predicted octanol–water partition coefficient (Wildman–Crippen LogP) is 3.28. The highest BCUT2D eigenvalue weighted by Crippen LogP contribution is 2.41. The number of anilines is 1. The molecule has 2 amide bonds. The van der Waals surface area contributed by atoms with Gasteiger partial charge in [0.1, 0.15) is 0 Å². The van der Waals surface area contributed by atoms with Gasteiger partial charge in [-0.3, -0.25) is 9.59 Å². The molecule has 1 aliphatic carbocycles. The van der Waals surface area contributed by atoms with Gasteiger partial charge in [-0.15, -0.1) is 0 Å². The molecule has 2 atom stereocenters. The average Bonchev–Trinajstić information content (AvgIpc) is 3.30. The number of carbonyl (C=O) groups is 2. The largest absolute Gasteiger partial charge is 0.342 e. The number of nitrogens with zero attached hydrogens (tertiary/aromatic N) is 1. The fourth-order valence-corrected chi connectivity index (χ4v) is 3.25. The minimum Gasteiger partial charge on any atom is -0.342 e. The summed E-state index contributed by atoms with van der Waals surface area (Å²) in [7, 11) is 0. The summed E-state index contributed by atoms with van der Waals surface area (Å²) in [5, 5.41) is 2.90. The number of piperidine rings is 1. The molecule has 0 aromatic heterocycles. The van der Waals surface area contributed by atoms with E-state index in [-0.39, 0.29) is 23.7 Å². The summed E-state index contributed by atoms with van der Waals surface area (Å²) in [6.45, 7) is 3.92. The SMILES string of the molecule is CC1CCN(C(=O)C2CC2C(=O)Nc2ccc(Br)cc2)CC1. The van der Waals surface area contributed by atoms with Gasteiger partial charge >= 0.3 is 0 Å². The van der Waals surface area contributed by atoms with Crippen LogP contribution < -0.4 is 5.32 Å². The van der Waals surface area contributed by atoms with E-state index in [2.05, 4.69) is 28.2 Å². The summed E-state index contributed by atoms with van der Waals surface area (Å²) in [5.41, 5.74) is 0.776. The topological polar surface area (TPSA) is 49.4 Å². The minimum atomic E-state index is -0.157. The molecule has 4 nitrogen and oxygen atoms in total. The van der Waals surface area contributed by atoms with Gasteiger partial charge in [-0.2, -0.15) is 0 Å². The van der Waals surface area contributed by atoms with Crippen molar-refractivity contribution >= 4 is 33.4 Å². The van der Waals surface area contributed by atoms with Gasteiger partial charge in [0.05, 0.1) is 11.8 Å². The fraction of sp³-hybridized carbons (Fsp3) is 0.529. The molecule has 1 saturated carbocycles. The van der Waals surface area contributed by atoms with E-state index in [0.29, 0.717) is 12.3 Å². The highest BCUT2D eigenvalue weighted by molar-refractivity contribution is 9.10. The molecular weight excluding hydrogens is 344 g/mol. The van der Waals surface area contributed by atoms with Crippen LogP contribution in [0, 0.1) is 17.8 Å². The lowest BCUT2D eigenvalue weighted by molar-refractivity contribution is -0.135. The summed E-state index contributed by atoms with van der Waals surface area (Å²) in [5.74, 6) is 0.577. The van der Waals surface area contributed by atoms with Crippen molar-refractivity contribution in [2.45, 2.75) is 26.2 Å². The van der Waals surface area contributed by atoms with E-state index >= 15 is 0 Å². The molecule has 0 bridgehead atoms. The first kappa shape index (κ1) is 15.5. The first-order valence-corrected chi connectivity index (χ1v) is 8.69. The highest BCUT2D eigenvalue weighted by Gasteiger charge is 2.49. The second-order valence-electron chi connectivity index (χ2n) is 6.45. The van der Waals surface area contributed by atoms with Crippen molar-refractivity contribution in [1.29, 1.82) is 0 Å². The molecular formula is C17H21BrN2O2. The van der Waals surface area contributed by atoms with Crippen molar-refractivity contribution in [1.82, 2.24) is 4.90 Å². The van der Waals surface area contributed by atoms with Crippen molar-refractivity contribution < 1.29 is 9.59 Å². The summed E-state index contributed by atoms with van der Waals surface area (Å²) in [4.78, 5) is 26.6. The van der Waals surface area contributed by atoms with Crippen molar-refractivity contribution in [3.8, 4) is 0 Å². The predicted molar refractivity (Wildman–Crippen MR) is 89.3 cm³/mol. The Hall–Kier alpha value is -1.36. The van der Waals surface area contributed by atoms with Gasteiger partial charge in [0.2, 0.25) is 11.8 Å². The maximum atomic E-state index is 12.4. The Balaban J connectivity index is 1.51. The van der Waals surface area contributed by atoms with Crippen LogP contribution in [-0.4, -0.2) is 29.8 Å². The number of hydrogen-bond acceptors (Lipinski definition) is 2. The third-order valence-corrected chi connectivity index (χ3v) is 5.18. The van der Waals surface area contributed by atoms with Crippen LogP contribution in [-0.2, 0) is 9.59 Å². The Labute approximate surface area is 139 Å². The summed E-state index contributed by atoms with van der Waals surface area (Å²) in [6.07, 6.45) is 2.84. The maximum absolute atomic E-state index is 12.4. The van der Waals surface area contributed by atoms with E-state index in [1.165, 1.54) is 0 Å². The zero-order valence-electron chi connectivity index (χ0n) is 12.7. The van der Waals surface area contributed by atoms with Crippen LogP contribution in [0.4, 0.5) is 5.69 Å².